The van der Waals surface area contributed by atoms with Gasteiger partial charge < -0.3 is 25.2 Å². The van der Waals surface area contributed by atoms with Crippen LogP contribution in [-0.4, -0.2) is 77.0 Å². The number of aromatic carboxylic acids is 1. The molecule has 16 nitrogen and oxygen atoms in total. The number of carboxylic acids is 1. The summed E-state index contributed by atoms with van der Waals surface area (Å²) in [4.78, 5) is 83.6. The first-order valence-corrected chi connectivity index (χ1v) is 15.5. The van der Waals surface area contributed by atoms with Crippen molar-refractivity contribution in [3.63, 3.8) is 0 Å². The molecule has 0 aliphatic carbocycles. The third kappa shape index (κ3) is 9.26. The molecule has 0 spiro atoms. The second kappa shape index (κ2) is 17.4. The van der Waals surface area contributed by atoms with E-state index in [0.29, 0.717) is 5.56 Å². The average molecular weight is 703 g/mol. The third-order valence-electron chi connectivity index (χ3n) is 7.88. The molecule has 16 heteroatoms. The van der Waals surface area contributed by atoms with Gasteiger partial charge in [-0.15, -0.1) is 0 Å². The molecule has 0 fully saturated rings. The van der Waals surface area contributed by atoms with Crippen LogP contribution in [0.2, 0.25) is 0 Å². The van der Waals surface area contributed by atoms with Crippen LogP contribution in [0.1, 0.15) is 62.0 Å². The van der Waals surface area contributed by atoms with Crippen molar-refractivity contribution in [2.45, 2.75) is 26.4 Å². The lowest BCUT2D eigenvalue weighted by atomic mass is 9.75. The average Bonchev–Trinajstić information content (AvgIpc) is 3.11. The van der Waals surface area contributed by atoms with Crippen LogP contribution in [0.4, 0.5) is 5.69 Å². The molecule has 1 aliphatic rings. The molecule has 1 aliphatic heterocycles. The highest BCUT2D eigenvalue weighted by Gasteiger charge is 2.43. The number of hydrogen-bond acceptors (Lipinski definition) is 12. The van der Waals surface area contributed by atoms with Crippen LogP contribution in [0, 0.1) is 16.0 Å². The van der Waals surface area contributed by atoms with Crippen molar-refractivity contribution in [3.8, 4) is 0 Å². The standard InChI is InChI=1S/C35H34N4O12/c1-20-28(34(44)49-16-14-36-31(40)25-11-4-3-8-23(25)19-51-48)30(22-9-7-10-24(18-22)39(46)47)29(21(2)38-20)35(45)50-17-15-37-32(41)26-12-5-6-13-27(26)33(42)43/h3-13,18,28,30,48H,14-17,19H2,1-2H3,(H,36,40)(H,37,41)(H,42,43). The molecule has 0 aromatic heterocycles. The predicted molar refractivity (Wildman–Crippen MR) is 179 cm³/mol. The maximum absolute atomic E-state index is 13.6. The quantitative estimate of drug-likeness (QED) is 0.0584. The van der Waals surface area contributed by atoms with E-state index in [1.165, 1.54) is 61.5 Å². The van der Waals surface area contributed by atoms with Crippen molar-refractivity contribution in [1.29, 1.82) is 0 Å². The number of nitro groups is 1. The van der Waals surface area contributed by atoms with Gasteiger partial charge in [-0.3, -0.25) is 34.7 Å². The maximum atomic E-state index is 13.6. The number of carbonyl (C=O) groups is 5. The second-order valence-electron chi connectivity index (χ2n) is 11.2. The molecule has 1 heterocycles. The molecule has 0 bridgehead atoms. The van der Waals surface area contributed by atoms with Gasteiger partial charge in [0.1, 0.15) is 25.7 Å². The minimum atomic E-state index is -1.29. The van der Waals surface area contributed by atoms with Gasteiger partial charge in [0.25, 0.3) is 17.5 Å². The fourth-order valence-electron chi connectivity index (χ4n) is 5.59. The number of aliphatic imine (C=N–C) groups is 1. The van der Waals surface area contributed by atoms with Gasteiger partial charge in [-0.05, 0) is 43.2 Å². The van der Waals surface area contributed by atoms with E-state index in [0.717, 1.165) is 0 Å². The van der Waals surface area contributed by atoms with E-state index < -0.39 is 46.5 Å². The summed E-state index contributed by atoms with van der Waals surface area (Å²) in [5.41, 5.74) is 0.712. The van der Waals surface area contributed by atoms with E-state index >= 15 is 0 Å². The molecule has 51 heavy (non-hydrogen) atoms. The summed E-state index contributed by atoms with van der Waals surface area (Å²) in [6.45, 7) is 1.94. The molecule has 3 aromatic rings. The lowest BCUT2D eigenvalue weighted by Crippen LogP contribution is -2.38. The van der Waals surface area contributed by atoms with Crippen LogP contribution in [0.25, 0.3) is 0 Å². The summed E-state index contributed by atoms with van der Waals surface area (Å²) in [7, 11) is 0. The summed E-state index contributed by atoms with van der Waals surface area (Å²) in [6, 6.07) is 17.4. The van der Waals surface area contributed by atoms with E-state index in [2.05, 4.69) is 20.5 Å². The van der Waals surface area contributed by atoms with E-state index in [1.807, 2.05) is 0 Å². The first-order chi connectivity index (χ1) is 24.4. The number of carboxylic acid groups (broad SMARTS) is 1. The number of allylic oxidation sites excluding steroid dienone is 1. The zero-order chi connectivity index (χ0) is 37.1. The first-order valence-electron chi connectivity index (χ1n) is 15.5. The summed E-state index contributed by atoms with van der Waals surface area (Å²) >= 11 is 0. The Kier molecular flexibility index (Phi) is 12.8. The number of amides is 2. The minimum absolute atomic E-state index is 0.0680. The number of nitrogens with one attached hydrogen (secondary N) is 2. The van der Waals surface area contributed by atoms with E-state index in [9.17, 15) is 39.2 Å². The van der Waals surface area contributed by atoms with Crippen molar-refractivity contribution in [3.05, 3.63) is 122 Å². The highest BCUT2D eigenvalue weighted by Crippen LogP contribution is 2.41. The maximum Gasteiger partial charge on any atom is 0.336 e. The topological polar surface area (TPSA) is 233 Å². The molecule has 3 aromatic carbocycles. The molecule has 2 unspecified atom stereocenters. The highest BCUT2D eigenvalue weighted by molar-refractivity contribution is 6.07. The van der Waals surface area contributed by atoms with Crippen molar-refractivity contribution >= 4 is 41.1 Å². The lowest BCUT2D eigenvalue weighted by Gasteiger charge is -2.31. The van der Waals surface area contributed by atoms with Gasteiger partial charge in [0.15, 0.2) is 0 Å². The van der Waals surface area contributed by atoms with Crippen LogP contribution in [0.5, 0.6) is 0 Å². The number of carbonyl (C=O) groups excluding carboxylic acids is 4. The normalized spacial score (nSPS) is 15.3. The number of rotatable bonds is 15. The molecule has 0 radical (unpaired) electrons. The highest BCUT2D eigenvalue weighted by atomic mass is 17.1. The van der Waals surface area contributed by atoms with Crippen molar-refractivity contribution in [2.24, 2.45) is 10.9 Å². The molecule has 266 valence electrons. The van der Waals surface area contributed by atoms with Crippen molar-refractivity contribution in [2.75, 3.05) is 26.3 Å². The Bertz CT molecular complexity index is 1900. The van der Waals surface area contributed by atoms with Gasteiger partial charge >= 0.3 is 17.9 Å². The van der Waals surface area contributed by atoms with Gasteiger partial charge in [-0.25, -0.2) is 14.5 Å². The molecule has 4 rings (SSSR count). The number of nitrogens with zero attached hydrogens (tertiary/aromatic N) is 2. The van der Waals surface area contributed by atoms with Crippen molar-refractivity contribution in [1.82, 2.24) is 10.6 Å². The van der Waals surface area contributed by atoms with Crippen LogP contribution in [-0.2, 0) is 30.6 Å². The summed E-state index contributed by atoms with van der Waals surface area (Å²) in [5.74, 6) is -6.57. The Labute approximate surface area is 290 Å². The summed E-state index contributed by atoms with van der Waals surface area (Å²) in [6.07, 6.45) is 0. The van der Waals surface area contributed by atoms with Crippen LogP contribution in [0.15, 0.2) is 89.1 Å². The number of nitro benzene ring substituents is 1. The number of esters is 2. The molecule has 2 amide bonds. The zero-order valence-electron chi connectivity index (χ0n) is 27.5. The molecular formula is C35H34N4O12. The molecule has 0 saturated heterocycles. The summed E-state index contributed by atoms with van der Waals surface area (Å²) < 4.78 is 11.0. The third-order valence-corrected chi connectivity index (χ3v) is 7.88. The van der Waals surface area contributed by atoms with Crippen molar-refractivity contribution < 1.29 is 53.6 Å². The number of ether oxygens (including phenoxy) is 2. The molecular weight excluding hydrogens is 668 g/mol. The van der Waals surface area contributed by atoms with Gasteiger partial charge in [-0.1, -0.05) is 42.5 Å². The predicted octanol–water partition coefficient (Wildman–Crippen LogP) is 3.68. The molecule has 4 N–H and O–H groups in total. The van der Waals surface area contributed by atoms with Crippen LogP contribution in [0.3, 0.4) is 0 Å². The van der Waals surface area contributed by atoms with Gasteiger partial charge in [0.05, 0.1) is 34.7 Å². The van der Waals surface area contributed by atoms with E-state index in [-0.39, 0.29) is 77.8 Å². The zero-order valence-corrected chi connectivity index (χ0v) is 27.5. The minimum Gasteiger partial charge on any atom is -0.478 e. The van der Waals surface area contributed by atoms with Gasteiger partial charge in [0.2, 0.25) is 0 Å². The SMILES string of the molecule is CC1=NC(C)=C(C(=O)OCCNC(=O)c2ccccc2C(=O)O)C(c2cccc([N+](=O)[O-])c2)C1C(=O)OCCNC(=O)c1ccccc1COO. The van der Waals surface area contributed by atoms with E-state index in [4.69, 9.17) is 14.7 Å². The Morgan fingerprint density at radius 1 is 0.843 bits per heavy atom. The fourth-order valence-corrected chi connectivity index (χ4v) is 5.59. The van der Waals surface area contributed by atoms with Gasteiger partial charge in [-0.2, -0.15) is 0 Å². The second-order valence-corrected chi connectivity index (χ2v) is 11.2. The number of non-ortho nitro benzene ring substituents is 1. The van der Waals surface area contributed by atoms with Crippen LogP contribution >= 0.6 is 0 Å². The smallest absolute Gasteiger partial charge is 0.336 e. The largest absolute Gasteiger partial charge is 0.478 e. The van der Waals surface area contributed by atoms with E-state index in [1.54, 1.807) is 25.1 Å². The molecule has 0 saturated carbocycles. The summed E-state index contributed by atoms with van der Waals surface area (Å²) in [5, 5.41) is 34.9. The Morgan fingerprint density at radius 2 is 1.45 bits per heavy atom. The fraction of sp³-hybridized carbons (Fsp3) is 0.257. The van der Waals surface area contributed by atoms with Gasteiger partial charge in [0, 0.05) is 35.0 Å². The Morgan fingerprint density at radius 3 is 2.10 bits per heavy atom. The molecule has 2 atom stereocenters. The Hall–Kier alpha value is -6.26. The number of benzene rings is 3. The monoisotopic (exact) mass is 702 g/mol. The van der Waals surface area contributed by atoms with Crippen LogP contribution < -0.4 is 10.6 Å². The first kappa shape index (κ1) is 37.6. The Balaban J connectivity index is 1.49. The number of hydrogen-bond donors (Lipinski definition) is 4. The lowest BCUT2D eigenvalue weighted by molar-refractivity contribution is -0.384.